The number of rotatable bonds is 2. The van der Waals surface area contributed by atoms with Gasteiger partial charge in [-0.05, 0) is 61.6 Å². The van der Waals surface area contributed by atoms with E-state index in [1.807, 2.05) is 19.9 Å². The molecule has 1 heterocycles. The highest BCUT2D eigenvalue weighted by atomic mass is 127. The third-order valence-corrected chi connectivity index (χ3v) is 3.95. The minimum atomic E-state index is -0.199. The molecule has 0 fully saturated rings. The normalized spacial score (nSPS) is 10.6. The van der Waals surface area contributed by atoms with E-state index in [4.69, 9.17) is 16.0 Å². The molecule has 0 radical (unpaired) electrons. The summed E-state index contributed by atoms with van der Waals surface area (Å²) < 4.78 is 6.48. The SMILES string of the molecule is Cc1oc(C)c(C(=O)Nc2ccc(I)cc2Cl)c1C. The van der Waals surface area contributed by atoms with Gasteiger partial charge in [0.2, 0.25) is 0 Å². The van der Waals surface area contributed by atoms with Crippen LogP contribution < -0.4 is 5.32 Å². The molecule has 5 heteroatoms. The first-order chi connectivity index (χ1) is 8.90. The molecule has 0 aliphatic carbocycles. The Morgan fingerprint density at radius 1 is 1.26 bits per heavy atom. The molecule has 0 spiro atoms. The number of hydrogen-bond acceptors (Lipinski definition) is 2. The number of amides is 1. The van der Waals surface area contributed by atoms with Crippen LogP contribution in [0.5, 0.6) is 0 Å². The fourth-order valence-electron chi connectivity index (χ4n) is 1.90. The Bertz CT molecular complexity index is 649. The first-order valence-corrected chi connectivity index (χ1v) is 7.19. The van der Waals surface area contributed by atoms with Gasteiger partial charge in [-0.2, -0.15) is 0 Å². The van der Waals surface area contributed by atoms with Crippen molar-refractivity contribution in [3.63, 3.8) is 0 Å². The second kappa shape index (κ2) is 5.54. The maximum atomic E-state index is 12.3. The molecule has 3 nitrogen and oxygen atoms in total. The number of halogens is 2. The third-order valence-electron chi connectivity index (χ3n) is 2.97. The van der Waals surface area contributed by atoms with Crippen molar-refractivity contribution < 1.29 is 9.21 Å². The third kappa shape index (κ3) is 2.95. The van der Waals surface area contributed by atoms with Crippen molar-refractivity contribution >= 4 is 45.8 Å². The molecule has 0 saturated carbocycles. The highest BCUT2D eigenvalue weighted by Crippen LogP contribution is 2.26. The molecule has 100 valence electrons. The summed E-state index contributed by atoms with van der Waals surface area (Å²) in [7, 11) is 0. The van der Waals surface area contributed by atoms with Crippen LogP contribution in [0.25, 0.3) is 0 Å². The van der Waals surface area contributed by atoms with Crippen molar-refractivity contribution in [3.05, 3.63) is 49.4 Å². The molecule has 0 bridgehead atoms. The predicted molar refractivity (Wildman–Crippen MR) is 85.0 cm³/mol. The molecule has 1 aromatic carbocycles. The summed E-state index contributed by atoms with van der Waals surface area (Å²) in [5.74, 6) is 1.18. The summed E-state index contributed by atoms with van der Waals surface area (Å²) in [5.41, 5.74) is 2.04. The maximum absolute atomic E-state index is 12.3. The van der Waals surface area contributed by atoms with Crippen LogP contribution in [0.1, 0.15) is 27.4 Å². The average molecular weight is 390 g/mol. The molecule has 0 saturated heterocycles. The van der Waals surface area contributed by atoms with Crippen molar-refractivity contribution in [1.29, 1.82) is 0 Å². The lowest BCUT2D eigenvalue weighted by molar-refractivity contribution is 0.102. The number of carbonyl (C=O) groups is 1. The van der Waals surface area contributed by atoms with E-state index in [1.54, 1.807) is 19.1 Å². The lowest BCUT2D eigenvalue weighted by Gasteiger charge is -2.07. The van der Waals surface area contributed by atoms with Gasteiger partial charge in [0.15, 0.2) is 0 Å². The van der Waals surface area contributed by atoms with Gasteiger partial charge in [0.05, 0.1) is 16.3 Å². The maximum Gasteiger partial charge on any atom is 0.259 e. The molecule has 2 aromatic rings. The summed E-state index contributed by atoms with van der Waals surface area (Å²) in [6, 6.07) is 5.49. The number of aryl methyl sites for hydroxylation is 2. The van der Waals surface area contributed by atoms with Gasteiger partial charge in [-0.25, -0.2) is 0 Å². The summed E-state index contributed by atoms with van der Waals surface area (Å²) >= 11 is 8.27. The quantitative estimate of drug-likeness (QED) is 0.756. The monoisotopic (exact) mass is 389 g/mol. The van der Waals surface area contributed by atoms with E-state index < -0.39 is 0 Å². The van der Waals surface area contributed by atoms with Crippen LogP contribution in [0, 0.1) is 24.3 Å². The van der Waals surface area contributed by atoms with Crippen LogP contribution in [0.2, 0.25) is 5.02 Å². The Kier molecular flexibility index (Phi) is 4.20. The van der Waals surface area contributed by atoms with Crippen molar-refractivity contribution in [2.24, 2.45) is 0 Å². The minimum absolute atomic E-state index is 0.199. The molecule has 1 N–H and O–H groups in total. The zero-order valence-corrected chi connectivity index (χ0v) is 13.7. The zero-order chi connectivity index (χ0) is 14.2. The lowest BCUT2D eigenvalue weighted by Crippen LogP contribution is -2.13. The number of nitrogens with one attached hydrogen (secondary N) is 1. The molecule has 1 amide bonds. The Morgan fingerprint density at radius 2 is 1.95 bits per heavy atom. The van der Waals surface area contributed by atoms with E-state index in [2.05, 4.69) is 27.9 Å². The molecule has 19 heavy (non-hydrogen) atoms. The van der Waals surface area contributed by atoms with Gasteiger partial charge >= 0.3 is 0 Å². The molecule has 0 aliphatic heterocycles. The molecular formula is C14H13ClINO2. The molecule has 2 rings (SSSR count). The Balaban J connectivity index is 2.31. The lowest BCUT2D eigenvalue weighted by atomic mass is 10.1. The summed E-state index contributed by atoms with van der Waals surface area (Å²) in [6.45, 7) is 5.50. The van der Waals surface area contributed by atoms with Gasteiger partial charge in [0, 0.05) is 9.13 Å². The van der Waals surface area contributed by atoms with Crippen LogP contribution in [0.4, 0.5) is 5.69 Å². The number of furan rings is 1. The average Bonchev–Trinajstić information content (AvgIpc) is 2.57. The number of carbonyl (C=O) groups excluding carboxylic acids is 1. The summed E-state index contributed by atoms with van der Waals surface area (Å²) in [5, 5.41) is 3.34. The van der Waals surface area contributed by atoms with Crippen molar-refractivity contribution in [2.75, 3.05) is 5.32 Å². The number of hydrogen-bond donors (Lipinski definition) is 1. The van der Waals surface area contributed by atoms with Crippen LogP contribution in [-0.2, 0) is 0 Å². The number of anilines is 1. The van der Waals surface area contributed by atoms with Gasteiger partial charge in [-0.3, -0.25) is 4.79 Å². The zero-order valence-electron chi connectivity index (χ0n) is 10.8. The van der Waals surface area contributed by atoms with E-state index in [-0.39, 0.29) is 5.91 Å². The second-order valence-corrected chi connectivity index (χ2v) is 5.95. The molecule has 0 unspecified atom stereocenters. The first-order valence-electron chi connectivity index (χ1n) is 5.73. The van der Waals surface area contributed by atoms with Crippen molar-refractivity contribution in [1.82, 2.24) is 0 Å². The van der Waals surface area contributed by atoms with Crippen LogP contribution >= 0.6 is 34.2 Å². The molecule has 1 aromatic heterocycles. The molecule has 0 atom stereocenters. The molecule has 0 aliphatic rings. The van der Waals surface area contributed by atoms with Crippen LogP contribution in [0.15, 0.2) is 22.6 Å². The van der Waals surface area contributed by atoms with E-state index in [9.17, 15) is 4.79 Å². The Hall–Kier alpha value is -1.01. The van der Waals surface area contributed by atoms with E-state index in [1.165, 1.54) is 0 Å². The van der Waals surface area contributed by atoms with Crippen LogP contribution in [0.3, 0.4) is 0 Å². The molecular weight excluding hydrogens is 377 g/mol. The standard InChI is InChI=1S/C14H13ClINO2/c1-7-8(2)19-9(3)13(7)14(18)17-12-5-4-10(16)6-11(12)15/h4-6H,1-3H3,(H,17,18). The Labute approximate surface area is 130 Å². The Morgan fingerprint density at radius 3 is 2.47 bits per heavy atom. The van der Waals surface area contributed by atoms with Gasteiger partial charge in [-0.15, -0.1) is 0 Å². The summed E-state index contributed by atoms with van der Waals surface area (Å²) in [4.78, 5) is 12.3. The largest absolute Gasteiger partial charge is 0.466 e. The van der Waals surface area contributed by atoms with Gasteiger partial charge < -0.3 is 9.73 Å². The second-order valence-electron chi connectivity index (χ2n) is 4.29. The smallest absolute Gasteiger partial charge is 0.259 e. The van der Waals surface area contributed by atoms with Gasteiger partial charge in [0.1, 0.15) is 11.5 Å². The van der Waals surface area contributed by atoms with E-state index in [0.717, 1.165) is 14.9 Å². The predicted octanol–water partition coefficient (Wildman–Crippen LogP) is 4.72. The number of benzene rings is 1. The van der Waals surface area contributed by atoms with Crippen molar-refractivity contribution in [3.8, 4) is 0 Å². The first kappa shape index (κ1) is 14.4. The van der Waals surface area contributed by atoms with Gasteiger partial charge in [0.25, 0.3) is 5.91 Å². The van der Waals surface area contributed by atoms with E-state index >= 15 is 0 Å². The fraction of sp³-hybridized carbons (Fsp3) is 0.214. The topological polar surface area (TPSA) is 42.2 Å². The van der Waals surface area contributed by atoms with Gasteiger partial charge in [-0.1, -0.05) is 11.6 Å². The highest BCUT2D eigenvalue weighted by Gasteiger charge is 2.19. The van der Waals surface area contributed by atoms with Crippen LogP contribution in [-0.4, -0.2) is 5.91 Å². The minimum Gasteiger partial charge on any atom is -0.466 e. The fourth-order valence-corrected chi connectivity index (χ4v) is 2.81. The van der Waals surface area contributed by atoms with Crippen molar-refractivity contribution in [2.45, 2.75) is 20.8 Å². The van der Waals surface area contributed by atoms with E-state index in [0.29, 0.717) is 22.0 Å². The highest BCUT2D eigenvalue weighted by molar-refractivity contribution is 14.1. The summed E-state index contributed by atoms with van der Waals surface area (Å²) in [6.07, 6.45) is 0.